The molecule has 0 aliphatic carbocycles. The molecule has 0 bridgehead atoms. The second kappa shape index (κ2) is 8.49. The summed E-state index contributed by atoms with van der Waals surface area (Å²) in [5, 5.41) is 5.25. The van der Waals surface area contributed by atoms with Gasteiger partial charge in [0.25, 0.3) is 5.91 Å². The lowest BCUT2D eigenvalue weighted by Crippen LogP contribution is -2.29. The minimum atomic E-state index is -0.969. The van der Waals surface area contributed by atoms with Gasteiger partial charge in [0.2, 0.25) is 5.91 Å². The van der Waals surface area contributed by atoms with Crippen LogP contribution in [-0.2, 0) is 19.1 Å². The van der Waals surface area contributed by atoms with Crippen molar-refractivity contribution in [3.05, 3.63) is 54.5 Å². The number of nitrogens with one attached hydrogen (secondary N) is 2. The fraction of sp³-hybridized carbons (Fsp3) is 0.167. The van der Waals surface area contributed by atoms with Gasteiger partial charge in [0.05, 0.1) is 6.26 Å². The SMILES string of the molecule is CC(=O)Nc1ccc(NC(=O)[C@H](C)OC(=O)/C=C/c2ccco2)cc1. The molecule has 2 aromatic rings. The molecule has 0 unspecified atom stereocenters. The Bertz CT molecular complexity index is 763. The zero-order valence-electron chi connectivity index (χ0n) is 13.8. The summed E-state index contributed by atoms with van der Waals surface area (Å²) in [4.78, 5) is 34.7. The van der Waals surface area contributed by atoms with Gasteiger partial charge in [0.15, 0.2) is 6.10 Å². The Balaban J connectivity index is 1.85. The van der Waals surface area contributed by atoms with Crippen molar-refractivity contribution in [3.63, 3.8) is 0 Å². The van der Waals surface area contributed by atoms with Gasteiger partial charge in [-0.15, -0.1) is 0 Å². The molecular weight excluding hydrogens is 324 g/mol. The van der Waals surface area contributed by atoms with Crippen molar-refractivity contribution in [1.82, 2.24) is 0 Å². The van der Waals surface area contributed by atoms with E-state index in [9.17, 15) is 14.4 Å². The maximum Gasteiger partial charge on any atom is 0.331 e. The van der Waals surface area contributed by atoms with Crippen LogP contribution in [0.1, 0.15) is 19.6 Å². The first-order chi connectivity index (χ1) is 11.9. The fourth-order valence-electron chi connectivity index (χ4n) is 1.89. The fourth-order valence-corrected chi connectivity index (χ4v) is 1.89. The number of carbonyl (C=O) groups is 3. The first kappa shape index (κ1) is 18.0. The zero-order valence-corrected chi connectivity index (χ0v) is 13.8. The summed E-state index contributed by atoms with van der Waals surface area (Å²) in [5.74, 6) is -0.791. The van der Waals surface area contributed by atoms with Crippen molar-refractivity contribution < 1.29 is 23.5 Å². The van der Waals surface area contributed by atoms with Crippen LogP contribution in [0.15, 0.2) is 53.2 Å². The number of amides is 2. The summed E-state index contributed by atoms with van der Waals surface area (Å²) in [7, 11) is 0. The van der Waals surface area contributed by atoms with Gasteiger partial charge in [-0.1, -0.05) is 0 Å². The number of rotatable bonds is 6. The molecule has 0 spiro atoms. The Morgan fingerprint density at radius 3 is 2.28 bits per heavy atom. The molecule has 0 aliphatic rings. The van der Waals surface area contributed by atoms with E-state index in [1.807, 2.05) is 0 Å². The van der Waals surface area contributed by atoms with Crippen molar-refractivity contribution in [2.75, 3.05) is 10.6 Å². The second-order valence-corrected chi connectivity index (χ2v) is 5.18. The van der Waals surface area contributed by atoms with Gasteiger partial charge < -0.3 is 19.8 Å². The molecule has 0 fully saturated rings. The summed E-state index contributed by atoms with van der Waals surface area (Å²) in [6, 6.07) is 9.95. The van der Waals surface area contributed by atoms with Crippen LogP contribution >= 0.6 is 0 Å². The summed E-state index contributed by atoms with van der Waals surface area (Å²) in [6.45, 7) is 2.88. The number of anilines is 2. The molecule has 2 amide bonds. The van der Waals surface area contributed by atoms with Gasteiger partial charge in [0, 0.05) is 24.4 Å². The standard InChI is InChI=1S/C18H18N2O5/c1-12(25-17(22)10-9-16-4-3-11-24-16)18(23)20-15-7-5-14(6-8-15)19-13(2)21/h3-12H,1-2H3,(H,19,21)(H,20,23)/b10-9+/t12-/m0/s1. The molecule has 0 radical (unpaired) electrons. The number of hydrogen-bond donors (Lipinski definition) is 2. The van der Waals surface area contributed by atoms with Gasteiger partial charge in [0.1, 0.15) is 5.76 Å². The Labute approximate surface area is 144 Å². The van der Waals surface area contributed by atoms with Crippen LogP contribution in [0.2, 0.25) is 0 Å². The molecule has 0 saturated heterocycles. The van der Waals surface area contributed by atoms with E-state index in [2.05, 4.69) is 10.6 Å². The molecule has 1 atom stereocenters. The van der Waals surface area contributed by atoms with E-state index in [1.165, 1.54) is 32.3 Å². The van der Waals surface area contributed by atoms with Gasteiger partial charge in [-0.3, -0.25) is 9.59 Å². The lowest BCUT2D eigenvalue weighted by molar-refractivity contribution is -0.148. The van der Waals surface area contributed by atoms with Crippen molar-refractivity contribution in [2.45, 2.75) is 20.0 Å². The van der Waals surface area contributed by atoms with Crippen LogP contribution in [-0.4, -0.2) is 23.9 Å². The highest BCUT2D eigenvalue weighted by Crippen LogP contribution is 2.14. The average molecular weight is 342 g/mol. The molecule has 25 heavy (non-hydrogen) atoms. The van der Waals surface area contributed by atoms with Gasteiger partial charge in [-0.05, 0) is 49.4 Å². The maximum absolute atomic E-state index is 12.0. The highest BCUT2D eigenvalue weighted by atomic mass is 16.5. The zero-order chi connectivity index (χ0) is 18.2. The number of hydrogen-bond acceptors (Lipinski definition) is 5. The van der Waals surface area contributed by atoms with Gasteiger partial charge in [-0.25, -0.2) is 4.79 Å². The predicted octanol–water partition coefficient (Wildman–Crippen LogP) is 2.82. The quantitative estimate of drug-likeness (QED) is 0.621. The largest absolute Gasteiger partial charge is 0.465 e. The van der Waals surface area contributed by atoms with E-state index in [4.69, 9.17) is 9.15 Å². The maximum atomic E-state index is 12.0. The smallest absolute Gasteiger partial charge is 0.331 e. The van der Waals surface area contributed by atoms with Crippen LogP contribution in [0.25, 0.3) is 6.08 Å². The number of furan rings is 1. The Morgan fingerprint density at radius 1 is 1.08 bits per heavy atom. The second-order valence-electron chi connectivity index (χ2n) is 5.18. The van der Waals surface area contributed by atoms with Gasteiger partial charge in [-0.2, -0.15) is 0 Å². The number of carbonyl (C=O) groups excluding carboxylic acids is 3. The van der Waals surface area contributed by atoms with Gasteiger partial charge >= 0.3 is 5.97 Å². The molecular formula is C18H18N2O5. The van der Waals surface area contributed by atoms with Crippen molar-refractivity contribution >= 4 is 35.2 Å². The first-order valence-corrected chi connectivity index (χ1v) is 7.55. The Morgan fingerprint density at radius 2 is 1.72 bits per heavy atom. The third-order valence-corrected chi connectivity index (χ3v) is 3.06. The molecule has 7 nitrogen and oxygen atoms in total. The molecule has 130 valence electrons. The highest BCUT2D eigenvalue weighted by Gasteiger charge is 2.16. The third kappa shape index (κ3) is 5.98. The van der Waals surface area contributed by atoms with Crippen molar-refractivity contribution in [2.24, 2.45) is 0 Å². The Kier molecular flexibility index (Phi) is 6.11. The summed E-state index contributed by atoms with van der Waals surface area (Å²) in [5.41, 5.74) is 1.14. The molecule has 2 rings (SSSR count). The highest BCUT2D eigenvalue weighted by molar-refractivity contribution is 5.97. The van der Waals surface area contributed by atoms with E-state index in [0.717, 1.165) is 0 Å². The lowest BCUT2D eigenvalue weighted by atomic mass is 10.2. The predicted molar refractivity (Wildman–Crippen MR) is 92.7 cm³/mol. The minimum absolute atomic E-state index is 0.181. The van der Waals surface area contributed by atoms with Crippen LogP contribution in [0.3, 0.4) is 0 Å². The number of ether oxygens (including phenoxy) is 1. The van der Waals surface area contributed by atoms with E-state index >= 15 is 0 Å². The lowest BCUT2D eigenvalue weighted by Gasteiger charge is -2.12. The summed E-state index contributed by atoms with van der Waals surface area (Å²) in [6.07, 6.45) is 3.15. The number of esters is 1. The monoisotopic (exact) mass is 342 g/mol. The minimum Gasteiger partial charge on any atom is -0.465 e. The molecule has 2 N–H and O–H groups in total. The van der Waals surface area contributed by atoms with Crippen molar-refractivity contribution in [1.29, 1.82) is 0 Å². The van der Waals surface area contributed by atoms with E-state index in [-0.39, 0.29) is 5.91 Å². The molecule has 0 aliphatic heterocycles. The molecule has 1 heterocycles. The van der Waals surface area contributed by atoms with E-state index < -0.39 is 18.0 Å². The summed E-state index contributed by atoms with van der Waals surface area (Å²) >= 11 is 0. The van der Waals surface area contributed by atoms with Crippen LogP contribution in [0.4, 0.5) is 11.4 Å². The Hall–Kier alpha value is -3.35. The molecule has 7 heteroatoms. The average Bonchev–Trinajstić information content (AvgIpc) is 3.07. The topological polar surface area (TPSA) is 97.6 Å². The van der Waals surface area contributed by atoms with E-state index in [0.29, 0.717) is 17.1 Å². The molecule has 0 saturated carbocycles. The van der Waals surface area contributed by atoms with E-state index in [1.54, 1.807) is 36.4 Å². The van der Waals surface area contributed by atoms with Crippen LogP contribution in [0, 0.1) is 0 Å². The van der Waals surface area contributed by atoms with Crippen LogP contribution < -0.4 is 10.6 Å². The van der Waals surface area contributed by atoms with Crippen molar-refractivity contribution in [3.8, 4) is 0 Å². The molecule has 1 aromatic carbocycles. The number of benzene rings is 1. The molecule has 1 aromatic heterocycles. The normalized spacial score (nSPS) is 11.8. The van der Waals surface area contributed by atoms with Crippen LogP contribution in [0.5, 0.6) is 0 Å². The third-order valence-electron chi connectivity index (χ3n) is 3.06. The first-order valence-electron chi connectivity index (χ1n) is 7.55. The summed E-state index contributed by atoms with van der Waals surface area (Å²) < 4.78 is 10.1.